The lowest BCUT2D eigenvalue weighted by atomic mass is 10.0. The summed E-state index contributed by atoms with van der Waals surface area (Å²) in [7, 11) is 3.61. The van der Waals surface area contributed by atoms with Crippen LogP contribution in [-0.2, 0) is 0 Å². The van der Waals surface area contributed by atoms with Gasteiger partial charge in [-0.2, -0.15) is 15.0 Å². The summed E-state index contributed by atoms with van der Waals surface area (Å²) in [6.45, 7) is 7.54. The molecule has 0 atom stereocenters. The van der Waals surface area contributed by atoms with Crippen LogP contribution in [0.15, 0.2) is 25.3 Å². The Morgan fingerprint density at radius 3 is 2.33 bits per heavy atom. The second-order valence-electron chi connectivity index (χ2n) is 3.79. The van der Waals surface area contributed by atoms with E-state index in [4.69, 9.17) is 0 Å². The predicted octanol–water partition coefficient (Wildman–Crippen LogP) is 2.90. The molecule has 18 heavy (non-hydrogen) atoms. The minimum absolute atomic E-state index is 0.182. The molecule has 6 heteroatoms. The van der Waals surface area contributed by atoms with E-state index in [0.717, 1.165) is 18.7 Å². The summed E-state index contributed by atoms with van der Waals surface area (Å²) in [5.74, 6) is 2.05. The van der Waals surface area contributed by atoms with Crippen LogP contribution in [-0.4, -0.2) is 29.0 Å². The molecule has 1 N–H and O–H groups in total. The van der Waals surface area contributed by atoms with E-state index in [2.05, 4.69) is 49.6 Å². The first kappa shape index (κ1) is 14.6. The van der Waals surface area contributed by atoms with E-state index in [-0.39, 0.29) is 5.92 Å². The van der Waals surface area contributed by atoms with Gasteiger partial charge in [0.15, 0.2) is 0 Å². The van der Waals surface area contributed by atoms with Gasteiger partial charge in [-0.15, -0.1) is 13.2 Å². The van der Waals surface area contributed by atoms with Gasteiger partial charge in [0.1, 0.15) is 5.82 Å². The van der Waals surface area contributed by atoms with Gasteiger partial charge in [0.2, 0.25) is 11.9 Å². The average Bonchev–Trinajstić information content (AvgIpc) is 2.37. The SMILES string of the molecule is C=CCC(CC=C)c1nc(NC)nc(N(C)Br)n1. The maximum Gasteiger partial charge on any atom is 0.240 e. The maximum atomic E-state index is 4.44. The van der Waals surface area contributed by atoms with Crippen molar-refractivity contribution in [2.45, 2.75) is 18.8 Å². The minimum atomic E-state index is 0.182. The van der Waals surface area contributed by atoms with Gasteiger partial charge in [-0.05, 0) is 12.8 Å². The molecule has 5 nitrogen and oxygen atoms in total. The summed E-state index contributed by atoms with van der Waals surface area (Å²) < 4.78 is 1.68. The summed E-state index contributed by atoms with van der Waals surface area (Å²) in [5, 5.41) is 2.94. The van der Waals surface area contributed by atoms with Crippen LogP contribution in [0.25, 0.3) is 0 Å². The van der Waals surface area contributed by atoms with Crippen molar-refractivity contribution < 1.29 is 0 Å². The number of anilines is 2. The molecule has 0 radical (unpaired) electrons. The van der Waals surface area contributed by atoms with Gasteiger partial charge in [0, 0.05) is 20.0 Å². The van der Waals surface area contributed by atoms with Gasteiger partial charge in [-0.1, -0.05) is 12.2 Å². The molecule has 0 aliphatic carbocycles. The molecule has 1 aromatic rings. The lowest BCUT2D eigenvalue weighted by Gasteiger charge is -2.15. The number of hydrogen-bond acceptors (Lipinski definition) is 5. The molecular formula is C12H18BrN5. The Morgan fingerprint density at radius 2 is 1.89 bits per heavy atom. The van der Waals surface area contributed by atoms with E-state index in [9.17, 15) is 0 Å². The van der Waals surface area contributed by atoms with Crippen LogP contribution in [0.5, 0.6) is 0 Å². The first-order valence-corrected chi connectivity index (χ1v) is 6.38. The molecular weight excluding hydrogens is 294 g/mol. The van der Waals surface area contributed by atoms with Gasteiger partial charge in [0.05, 0.1) is 16.1 Å². The molecule has 0 aromatic carbocycles. The van der Waals surface area contributed by atoms with Crippen LogP contribution < -0.4 is 9.24 Å². The lowest BCUT2D eigenvalue weighted by molar-refractivity contribution is 0.656. The lowest BCUT2D eigenvalue weighted by Crippen LogP contribution is -2.13. The Morgan fingerprint density at radius 1 is 1.28 bits per heavy atom. The number of nitrogens with one attached hydrogen (secondary N) is 1. The number of allylic oxidation sites excluding steroid dienone is 2. The molecule has 1 rings (SSSR count). The van der Waals surface area contributed by atoms with E-state index in [1.54, 1.807) is 11.0 Å². The Bertz CT molecular complexity index is 409. The van der Waals surface area contributed by atoms with Crippen molar-refractivity contribution in [2.24, 2.45) is 0 Å². The fraction of sp³-hybridized carbons (Fsp3) is 0.417. The number of halogens is 1. The standard InChI is InChI=1S/C12H18BrN5/c1-5-7-9(8-6-2)10-15-11(14-3)17-12(16-10)18(4)13/h5-6,9H,1-2,7-8H2,3-4H3,(H,14,15,16,17). The van der Waals surface area contributed by atoms with E-state index >= 15 is 0 Å². The van der Waals surface area contributed by atoms with Gasteiger partial charge in [-0.3, -0.25) is 3.93 Å². The van der Waals surface area contributed by atoms with Crippen molar-refractivity contribution in [2.75, 3.05) is 23.3 Å². The van der Waals surface area contributed by atoms with Crippen molar-refractivity contribution in [3.63, 3.8) is 0 Å². The Hall–Kier alpha value is -1.43. The first-order valence-electron chi connectivity index (χ1n) is 5.67. The number of aromatic nitrogens is 3. The highest BCUT2D eigenvalue weighted by Gasteiger charge is 2.15. The normalized spacial score (nSPS) is 10.2. The smallest absolute Gasteiger partial charge is 0.240 e. The molecule has 0 bridgehead atoms. The Kier molecular flexibility index (Phi) is 5.77. The van der Waals surface area contributed by atoms with E-state index < -0.39 is 0 Å². The van der Waals surface area contributed by atoms with E-state index in [0.29, 0.717) is 11.9 Å². The zero-order valence-electron chi connectivity index (χ0n) is 10.7. The quantitative estimate of drug-likeness (QED) is 0.620. The van der Waals surface area contributed by atoms with Crippen molar-refractivity contribution >= 4 is 28.0 Å². The van der Waals surface area contributed by atoms with Crippen LogP contribution in [0.1, 0.15) is 24.6 Å². The molecule has 1 heterocycles. The van der Waals surface area contributed by atoms with Crippen LogP contribution in [0, 0.1) is 0 Å². The highest BCUT2D eigenvalue weighted by Crippen LogP contribution is 2.24. The third-order valence-electron chi connectivity index (χ3n) is 2.41. The van der Waals surface area contributed by atoms with Crippen LogP contribution in [0.2, 0.25) is 0 Å². The molecule has 0 fully saturated rings. The van der Waals surface area contributed by atoms with Crippen molar-refractivity contribution in [3.8, 4) is 0 Å². The summed E-state index contributed by atoms with van der Waals surface area (Å²) >= 11 is 3.32. The zero-order chi connectivity index (χ0) is 13.5. The zero-order valence-corrected chi connectivity index (χ0v) is 12.3. The third kappa shape index (κ3) is 3.80. The fourth-order valence-corrected chi connectivity index (χ4v) is 1.68. The van der Waals surface area contributed by atoms with E-state index in [1.165, 1.54) is 0 Å². The van der Waals surface area contributed by atoms with Gasteiger partial charge in [-0.25, -0.2) is 0 Å². The highest BCUT2D eigenvalue weighted by molar-refractivity contribution is 9.10. The predicted molar refractivity (Wildman–Crippen MR) is 79.1 cm³/mol. The molecule has 0 saturated heterocycles. The van der Waals surface area contributed by atoms with Crippen LogP contribution >= 0.6 is 16.1 Å². The number of nitrogens with zero attached hydrogens (tertiary/aromatic N) is 4. The second-order valence-corrected chi connectivity index (χ2v) is 4.85. The average molecular weight is 312 g/mol. The summed E-state index contributed by atoms with van der Waals surface area (Å²) in [6, 6.07) is 0. The first-order chi connectivity index (χ1) is 8.62. The van der Waals surface area contributed by atoms with Crippen molar-refractivity contribution in [3.05, 3.63) is 31.1 Å². The molecule has 0 amide bonds. The van der Waals surface area contributed by atoms with Gasteiger partial charge >= 0.3 is 0 Å². The topological polar surface area (TPSA) is 53.9 Å². The highest BCUT2D eigenvalue weighted by atomic mass is 79.9. The third-order valence-corrected chi connectivity index (χ3v) is 2.72. The Balaban J connectivity index is 3.14. The molecule has 0 spiro atoms. The van der Waals surface area contributed by atoms with Crippen LogP contribution in [0.4, 0.5) is 11.9 Å². The molecule has 98 valence electrons. The summed E-state index contributed by atoms with van der Waals surface area (Å²) in [6.07, 6.45) is 5.36. The summed E-state index contributed by atoms with van der Waals surface area (Å²) in [5.41, 5.74) is 0. The van der Waals surface area contributed by atoms with Gasteiger partial charge < -0.3 is 5.32 Å². The van der Waals surface area contributed by atoms with Crippen LogP contribution in [0.3, 0.4) is 0 Å². The summed E-state index contributed by atoms with van der Waals surface area (Å²) in [4.78, 5) is 13.1. The molecule has 0 aliphatic heterocycles. The minimum Gasteiger partial charge on any atom is -0.357 e. The second kappa shape index (κ2) is 7.10. The largest absolute Gasteiger partial charge is 0.357 e. The molecule has 0 saturated carbocycles. The molecule has 0 aliphatic rings. The number of hydrogen-bond donors (Lipinski definition) is 1. The van der Waals surface area contributed by atoms with Crippen molar-refractivity contribution in [1.82, 2.24) is 15.0 Å². The van der Waals surface area contributed by atoms with Gasteiger partial charge in [0.25, 0.3) is 0 Å². The maximum absolute atomic E-state index is 4.44. The van der Waals surface area contributed by atoms with Crippen molar-refractivity contribution in [1.29, 1.82) is 0 Å². The monoisotopic (exact) mass is 311 g/mol. The molecule has 0 unspecified atom stereocenters. The molecule has 1 aromatic heterocycles. The fourth-order valence-electron chi connectivity index (χ4n) is 1.52. The van der Waals surface area contributed by atoms with E-state index in [1.807, 2.05) is 19.2 Å². The Labute approximate surface area is 116 Å². The number of rotatable bonds is 7.